The lowest BCUT2D eigenvalue weighted by atomic mass is 9.89. The summed E-state index contributed by atoms with van der Waals surface area (Å²) in [5.74, 6) is -1.61. The number of anilines is 1. The number of nitrogens with two attached hydrogens (primary N) is 1. The van der Waals surface area contributed by atoms with Crippen LogP contribution in [-0.2, 0) is 14.3 Å². The number of hydrogen-bond acceptors (Lipinski definition) is 4. The molecular weight excluding hydrogens is 344 g/mol. The van der Waals surface area contributed by atoms with Gasteiger partial charge in [0.15, 0.2) is 5.79 Å². The number of carbonyl (C=O) groups is 2. The van der Waals surface area contributed by atoms with E-state index >= 15 is 0 Å². The SMILES string of the molecule is CC1(C)OCC(C)(C(=O)Nc2cccc(-c3ccccc3)c2C(N)=O)CO1. The molecule has 1 saturated heterocycles. The molecule has 1 aliphatic rings. The van der Waals surface area contributed by atoms with Crippen LogP contribution in [0, 0.1) is 5.41 Å². The number of nitrogens with one attached hydrogen (secondary N) is 1. The number of ether oxygens (including phenoxy) is 2. The molecular formula is C21H24N2O4. The molecule has 27 heavy (non-hydrogen) atoms. The highest BCUT2D eigenvalue weighted by Gasteiger charge is 2.42. The molecule has 2 amide bonds. The van der Waals surface area contributed by atoms with E-state index in [4.69, 9.17) is 15.2 Å². The van der Waals surface area contributed by atoms with Gasteiger partial charge in [-0.3, -0.25) is 9.59 Å². The molecule has 6 heteroatoms. The molecule has 0 spiro atoms. The normalized spacial score (nSPS) is 17.9. The van der Waals surface area contributed by atoms with E-state index in [1.807, 2.05) is 36.4 Å². The number of amides is 2. The quantitative estimate of drug-likeness (QED) is 0.867. The summed E-state index contributed by atoms with van der Waals surface area (Å²) in [4.78, 5) is 25.1. The maximum absolute atomic E-state index is 12.9. The average Bonchev–Trinajstić information content (AvgIpc) is 2.64. The monoisotopic (exact) mass is 368 g/mol. The van der Waals surface area contributed by atoms with Crippen molar-refractivity contribution in [1.29, 1.82) is 0 Å². The van der Waals surface area contributed by atoms with Crippen molar-refractivity contribution in [3.63, 3.8) is 0 Å². The highest BCUT2D eigenvalue weighted by atomic mass is 16.7. The van der Waals surface area contributed by atoms with Gasteiger partial charge in [0.05, 0.1) is 29.9 Å². The van der Waals surface area contributed by atoms with Gasteiger partial charge in [0, 0.05) is 0 Å². The lowest BCUT2D eigenvalue weighted by Gasteiger charge is -2.40. The van der Waals surface area contributed by atoms with Crippen molar-refractivity contribution in [2.45, 2.75) is 26.6 Å². The highest BCUT2D eigenvalue weighted by molar-refractivity contribution is 6.08. The fourth-order valence-electron chi connectivity index (χ4n) is 2.93. The Morgan fingerprint density at radius 2 is 1.59 bits per heavy atom. The van der Waals surface area contributed by atoms with E-state index in [1.54, 1.807) is 32.9 Å². The van der Waals surface area contributed by atoms with Crippen LogP contribution in [0.3, 0.4) is 0 Å². The van der Waals surface area contributed by atoms with E-state index in [-0.39, 0.29) is 24.7 Å². The van der Waals surface area contributed by atoms with Crippen LogP contribution < -0.4 is 11.1 Å². The summed E-state index contributed by atoms with van der Waals surface area (Å²) in [6, 6.07) is 14.7. The van der Waals surface area contributed by atoms with Crippen LogP contribution in [-0.4, -0.2) is 30.8 Å². The first-order chi connectivity index (χ1) is 12.7. The van der Waals surface area contributed by atoms with Crippen molar-refractivity contribution in [3.05, 3.63) is 54.1 Å². The molecule has 3 rings (SSSR count). The van der Waals surface area contributed by atoms with Gasteiger partial charge in [0.1, 0.15) is 0 Å². The summed E-state index contributed by atoms with van der Waals surface area (Å²) >= 11 is 0. The Balaban J connectivity index is 1.91. The van der Waals surface area contributed by atoms with Crippen LogP contribution in [0.2, 0.25) is 0 Å². The molecule has 0 aliphatic carbocycles. The Morgan fingerprint density at radius 3 is 2.19 bits per heavy atom. The smallest absolute Gasteiger partial charge is 0.251 e. The lowest BCUT2D eigenvalue weighted by molar-refractivity contribution is -0.276. The maximum atomic E-state index is 12.9. The highest BCUT2D eigenvalue weighted by Crippen LogP contribution is 2.33. The average molecular weight is 368 g/mol. The van der Waals surface area contributed by atoms with Gasteiger partial charge in [0.25, 0.3) is 5.91 Å². The largest absolute Gasteiger partial charge is 0.366 e. The third-order valence-electron chi connectivity index (χ3n) is 4.67. The lowest BCUT2D eigenvalue weighted by Crippen LogP contribution is -2.51. The van der Waals surface area contributed by atoms with Crippen LogP contribution >= 0.6 is 0 Å². The second kappa shape index (κ2) is 7.13. The fourth-order valence-corrected chi connectivity index (χ4v) is 2.93. The second-order valence-electron chi connectivity index (χ2n) is 7.45. The predicted octanol–water partition coefficient (Wildman–Crippen LogP) is 3.18. The minimum atomic E-state index is -0.868. The predicted molar refractivity (Wildman–Crippen MR) is 103 cm³/mol. The van der Waals surface area contributed by atoms with Crippen molar-refractivity contribution >= 4 is 17.5 Å². The van der Waals surface area contributed by atoms with Crippen LogP contribution in [0.5, 0.6) is 0 Å². The Bertz CT molecular complexity index is 852. The van der Waals surface area contributed by atoms with E-state index in [0.717, 1.165) is 5.56 Å². The Kier molecular flexibility index (Phi) is 5.04. The molecule has 0 aromatic heterocycles. The van der Waals surface area contributed by atoms with E-state index in [1.165, 1.54) is 0 Å². The van der Waals surface area contributed by atoms with Crippen LogP contribution in [0.25, 0.3) is 11.1 Å². The molecule has 6 nitrogen and oxygen atoms in total. The molecule has 0 atom stereocenters. The molecule has 0 unspecified atom stereocenters. The third kappa shape index (κ3) is 4.02. The van der Waals surface area contributed by atoms with E-state index < -0.39 is 17.1 Å². The van der Waals surface area contributed by atoms with Crippen molar-refractivity contribution in [3.8, 4) is 11.1 Å². The summed E-state index contributed by atoms with van der Waals surface area (Å²) < 4.78 is 11.3. The number of benzene rings is 2. The molecule has 142 valence electrons. The first-order valence-corrected chi connectivity index (χ1v) is 8.79. The molecule has 1 heterocycles. The van der Waals surface area contributed by atoms with Crippen LogP contribution in [0.15, 0.2) is 48.5 Å². The number of hydrogen-bond donors (Lipinski definition) is 2. The Hall–Kier alpha value is -2.70. The van der Waals surface area contributed by atoms with E-state index in [9.17, 15) is 9.59 Å². The van der Waals surface area contributed by atoms with E-state index in [2.05, 4.69) is 5.32 Å². The molecule has 2 aromatic rings. The van der Waals surface area contributed by atoms with E-state index in [0.29, 0.717) is 11.3 Å². The number of carbonyl (C=O) groups excluding carboxylic acids is 2. The van der Waals surface area contributed by atoms with Crippen molar-refractivity contribution < 1.29 is 19.1 Å². The fraction of sp³-hybridized carbons (Fsp3) is 0.333. The van der Waals surface area contributed by atoms with Gasteiger partial charge in [-0.05, 0) is 38.0 Å². The molecule has 3 N–H and O–H groups in total. The summed E-state index contributed by atoms with van der Waals surface area (Å²) in [5, 5.41) is 2.84. The molecule has 0 bridgehead atoms. The first-order valence-electron chi connectivity index (χ1n) is 8.79. The zero-order valence-electron chi connectivity index (χ0n) is 15.7. The Labute approximate surface area is 158 Å². The van der Waals surface area contributed by atoms with Gasteiger partial charge in [-0.2, -0.15) is 0 Å². The van der Waals surface area contributed by atoms with Gasteiger partial charge in [-0.25, -0.2) is 0 Å². The van der Waals surface area contributed by atoms with Gasteiger partial charge in [0.2, 0.25) is 5.91 Å². The van der Waals surface area contributed by atoms with Crippen molar-refractivity contribution in [2.24, 2.45) is 11.1 Å². The molecule has 2 aromatic carbocycles. The molecule has 1 fully saturated rings. The number of rotatable bonds is 4. The number of primary amides is 1. The zero-order valence-corrected chi connectivity index (χ0v) is 15.7. The molecule has 0 saturated carbocycles. The molecule has 0 radical (unpaired) electrons. The zero-order chi connectivity index (χ0) is 19.7. The minimum Gasteiger partial charge on any atom is -0.366 e. The van der Waals surface area contributed by atoms with Crippen molar-refractivity contribution in [2.75, 3.05) is 18.5 Å². The topological polar surface area (TPSA) is 90.6 Å². The summed E-state index contributed by atoms with van der Waals surface area (Å²) in [7, 11) is 0. The van der Waals surface area contributed by atoms with Crippen molar-refractivity contribution in [1.82, 2.24) is 0 Å². The summed E-state index contributed by atoms with van der Waals surface area (Å²) in [6.07, 6.45) is 0. The summed E-state index contributed by atoms with van der Waals surface area (Å²) in [6.45, 7) is 5.81. The standard InChI is InChI=1S/C21H24N2O4/c1-20(2)26-12-21(3,13-27-20)19(25)23-16-11-7-10-15(17(16)18(22)24)14-8-5-4-6-9-14/h4-11H,12-13H2,1-3H3,(H2,22,24)(H,23,25). The third-order valence-corrected chi connectivity index (χ3v) is 4.67. The minimum absolute atomic E-state index is 0.218. The first kappa shape index (κ1) is 19.1. The molecule has 1 aliphatic heterocycles. The second-order valence-corrected chi connectivity index (χ2v) is 7.45. The summed E-state index contributed by atoms with van der Waals surface area (Å²) in [5.41, 5.74) is 6.94. The van der Waals surface area contributed by atoms with Gasteiger partial charge >= 0.3 is 0 Å². The van der Waals surface area contributed by atoms with Crippen LogP contribution in [0.1, 0.15) is 31.1 Å². The van der Waals surface area contributed by atoms with Crippen LogP contribution in [0.4, 0.5) is 5.69 Å². The maximum Gasteiger partial charge on any atom is 0.251 e. The Morgan fingerprint density at radius 1 is 0.963 bits per heavy atom. The van der Waals surface area contributed by atoms with Gasteiger partial charge in [-0.1, -0.05) is 42.5 Å². The van der Waals surface area contributed by atoms with Gasteiger partial charge in [-0.15, -0.1) is 0 Å². The van der Waals surface area contributed by atoms with Gasteiger partial charge < -0.3 is 20.5 Å².